The summed E-state index contributed by atoms with van der Waals surface area (Å²) >= 11 is 0. The molecule has 32 heavy (non-hydrogen) atoms. The normalized spacial score (nSPS) is 12.9. The largest absolute Gasteiger partial charge is 0.507 e. The van der Waals surface area contributed by atoms with Crippen molar-refractivity contribution in [2.75, 3.05) is 11.9 Å². The van der Waals surface area contributed by atoms with Crippen LogP contribution in [0.25, 0.3) is 0 Å². The van der Waals surface area contributed by atoms with Gasteiger partial charge < -0.3 is 20.3 Å². The highest BCUT2D eigenvalue weighted by Gasteiger charge is 2.18. The third-order valence-electron chi connectivity index (χ3n) is 4.48. The van der Waals surface area contributed by atoms with Gasteiger partial charge in [-0.15, -0.1) is 0 Å². The van der Waals surface area contributed by atoms with Gasteiger partial charge in [-0.05, 0) is 56.7 Å². The molecule has 0 fully saturated rings. The van der Waals surface area contributed by atoms with E-state index in [2.05, 4.69) is 54.8 Å². The van der Waals surface area contributed by atoms with Crippen LogP contribution in [-0.4, -0.2) is 34.8 Å². The lowest BCUT2D eigenvalue weighted by molar-refractivity contribution is -0.127. The molecule has 0 heterocycles. The minimum atomic E-state index is -1.26. The first kappa shape index (κ1) is 26.9. The summed E-state index contributed by atoms with van der Waals surface area (Å²) in [5, 5.41) is 21.3. The van der Waals surface area contributed by atoms with Crippen LogP contribution in [0, 0.1) is 0 Å². The molecule has 0 spiro atoms. The van der Waals surface area contributed by atoms with E-state index < -0.39 is 12.1 Å². The van der Waals surface area contributed by atoms with Crippen molar-refractivity contribution in [3.05, 3.63) is 72.4 Å². The number of phenols is 1. The molecule has 0 aliphatic heterocycles. The zero-order valence-corrected chi connectivity index (χ0v) is 19.0. The van der Waals surface area contributed by atoms with Crippen LogP contribution in [0.5, 0.6) is 5.75 Å². The Balaban J connectivity index is 2.30. The van der Waals surface area contributed by atoms with Gasteiger partial charge in [-0.3, -0.25) is 4.79 Å². The zero-order valence-electron chi connectivity index (χ0n) is 19.0. The number of carbonyl (C=O) groups excluding carboxylic acids is 1. The Hall–Kier alpha value is -3.12. The van der Waals surface area contributed by atoms with Crippen LogP contribution < -0.4 is 5.32 Å². The van der Waals surface area contributed by atoms with Gasteiger partial charge in [-0.25, -0.2) is 4.79 Å². The van der Waals surface area contributed by atoms with E-state index in [-0.39, 0.29) is 17.2 Å². The summed E-state index contributed by atoms with van der Waals surface area (Å²) in [5.41, 5.74) is 0.0299. The Morgan fingerprint density at radius 1 is 0.969 bits per heavy atom. The van der Waals surface area contributed by atoms with Crippen LogP contribution >= 0.6 is 0 Å². The fourth-order valence-electron chi connectivity index (χ4n) is 2.76. The second-order valence-corrected chi connectivity index (χ2v) is 7.08. The predicted molar refractivity (Wildman–Crippen MR) is 129 cm³/mol. The number of ether oxygens (including phenoxy) is 1. The first-order valence-corrected chi connectivity index (χ1v) is 11.1. The van der Waals surface area contributed by atoms with Gasteiger partial charge in [0.2, 0.25) is 0 Å². The van der Waals surface area contributed by atoms with Gasteiger partial charge in [-0.1, -0.05) is 62.5 Å². The number of allylic oxidation sites excluding steroid dienone is 7. The molecule has 1 rings (SSSR count). The average Bonchev–Trinajstić information content (AvgIpc) is 2.77. The van der Waals surface area contributed by atoms with Gasteiger partial charge in [0.25, 0.3) is 5.91 Å². The number of hydrogen-bond acceptors (Lipinski definition) is 4. The Morgan fingerprint density at radius 3 is 2.12 bits per heavy atom. The summed E-state index contributed by atoms with van der Waals surface area (Å²) in [4.78, 5) is 23.5. The molecule has 174 valence electrons. The lowest BCUT2D eigenvalue weighted by Gasteiger charge is -2.16. The molecule has 3 N–H and O–H groups in total. The fourth-order valence-corrected chi connectivity index (χ4v) is 2.76. The molecule has 0 saturated heterocycles. The van der Waals surface area contributed by atoms with Crippen LogP contribution in [-0.2, 0) is 9.53 Å². The van der Waals surface area contributed by atoms with Crippen LogP contribution in [0.4, 0.5) is 5.69 Å². The molecule has 1 atom stereocenters. The third-order valence-corrected chi connectivity index (χ3v) is 4.48. The van der Waals surface area contributed by atoms with Gasteiger partial charge in [-0.2, -0.15) is 0 Å². The number of carboxylic acids is 1. The molecule has 0 bridgehead atoms. The molecular formula is C26H35NO5. The van der Waals surface area contributed by atoms with Crippen molar-refractivity contribution >= 4 is 17.6 Å². The molecule has 0 saturated carbocycles. The molecule has 1 unspecified atom stereocenters. The topological polar surface area (TPSA) is 95.9 Å². The van der Waals surface area contributed by atoms with Crippen LogP contribution in [0.1, 0.15) is 62.7 Å². The molecule has 6 nitrogen and oxygen atoms in total. The van der Waals surface area contributed by atoms with Crippen LogP contribution in [0.3, 0.4) is 0 Å². The molecular weight excluding hydrogens is 406 g/mol. The first-order chi connectivity index (χ1) is 15.5. The highest BCUT2D eigenvalue weighted by atomic mass is 16.5. The molecule has 1 aromatic carbocycles. The average molecular weight is 442 g/mol. The van der Waals surface area contributed by atoms with Crippen molar-refractivity contribution in [2.45, 2.75) is 58.5 Å². The van der Waals surface area contributed by atoms with Crippen molar-refractivity contribution in [3.63, 3.8) is 0 Å². The number of hydrogen-bond donors (Lipinski definition) is 3. The quantitative estimate of drug-likeness (QED) is 0.176. The first-order valence-electron chi connectivity index (χ1n) is 11.1. The number of aromatic hydroxyl groups is 1. The van der Waals surface area contributed by atoms with E-state index >= 15 is 0 Å². The molecule has 6 heteroatoms. The number of benzene rings is 1. The minimum absolute atomic E-state index is 0.267. The van der Waals surface area contributed by atoms with Gasteiger partial charge in [0.05, 0.1) is 6.61 Å². The van der Waals surface area contributed by atoms with E-state index in [1.807, 2.05) is 13.0 Å². The maximum atomic E-state index is 12.4. The number of anilines is 1. The van der Waals surface area contributed by atoms with E-state index in [4.69, 9.17) is 9.84 Å². The second-order valence-electron chi connectivity index (χ2n) is 7.08. The monoisotopic (exact) mass is 441 g/mol. The number of carbonyl (C=O) groups is 2. The Kier molecular flexibility index (Phi) is 13.9. The van der Waals surface area contributed by atoms with Gasteiger partial charge in [0.15, 0.2) is 0 Å². The van der Waals surface area contributed by atoms with Crippen molar-refractivity contribution in [1.82, 2.24) is 0 Å². The minimum Gasteiger partial charge on any atom is -0.507 e. The summed E-state index contributed by atoms with van der Waals surface area (Å²) in [5.74, 6) is -1.96. The van der Waals surface area contributed by atoms with Gasteiger partial charge in [0.1, 0.15) is 17.4 Å². The molecule has 1 aromatic rings. The summed E-state index contributed by atoms with van der Waals surface area (Å²) in [6.07, 6.45) is 21.4. The standard InChI is InChI=1S/C26H35NO5/c1-3-5-6-7-8-9-10-11-12-13-14-15-16-19-32-24(4-2)25(29)27-21-17-18-23(28)22(20-21)26(30)31/h5-6,8-9,11-12,14-15,17-18,20,24,28H,3-4,7,10,13,16,19H2,1-2H3,(H,27,29)(H,30,31)/b6-5-,9-8-,12-11-,15-14-. The molecule has 0 aromatic heterocycles. The Labute approximate surface area is 191 Å². The molecule has 1 amide bonds. The number of rotatable bonds is 15. The van der Waals surface area contributed by atoms with E-state index in [0.717, 1.165) is 25.7 Å². The number of amides is 1. The van der Waals surface area contributed by atoms with Crippen molar-refractivity contribution < 1.29 is 24.5 Å². The number of nitrogens with one attached hydrogen (secondary N) is 1. The SMILES string of the molecule is CC/C=C\C/C=C\C/C=C\C/C=C\CCOC(CC)C(=O)Nc1ccc(O)c(C(=O)O)c1. The Bertz CT molecular complexity index is 824. The van der Waals surface area contributed by atoms with E-state index in [9.17, 15) is 14.7 Å². The smallest absolute Gasteiger partial charge is 0.339 e. The van der Waals surface area contributed by atoms with Crippen LogP contribution in [0.2, 0.25) is 0 Å². The molecule has 0 aliphatic carbocycles. The lowest BCUT2D eigenvalue weighted by atomic mass is 10.1. The number of aromatic carboxylic acids is 1. The fraction of sp³-hybridized carbons (Fsp3) is 0.385. The van der Waals surface area contributed by atoms with Crippen molar-refractivity contribution in [1.29, 1.82) is 0 Å². The van der Waals surface area contributed by atoms with E-state index in [1.165, 1.54) is 18.2 Å². The maximum Gasteiger partial charge on any atom is 0.339 e. The molecule has 0 aliphatic rings. The third kappa shape index (κ3) is 11.3. The summed E-state index contributed by atoms with van der Waals surface area (Å²) < 4.78 is 5.66. The predicted octanol–water partition coefficient (Wildman–Crippen LogP) is 6.02. The van der Waals surface area contributed by atoms with Gasteiger partial charge in [0, 0.05) is 5.69 Å². The highest BCUT2D eigenvalue weighted by molar-refractivity contribution is 5.97. The molecule has 0 radical (unpaired) electrons. The summed E-state index contributed by atoms with van der Waals surface area (Å²) in [7, 11) is 0. The lowest BCUT2D eigenvalue weighted by Crippen LogP contribution is -2.30. The second kappa shape index (κ2) is 16.6. The Morgan fingerprint density at radius 2 is 1.56 bits per heavy atom. The summed E-state index contributed by atoms with van der Waals surface area (Å²) in [6.45, 7) is 4.38. The van der Waals surface area contributed by atoms with Gasteiger partial charge >= 0.3 is 5.97 Å². The number of carboxylic acid groups (broad SMARTS) is 1. The van der Waals surface area contributed by atoms with Crippen molar-refractivity contribution in [3.8, 4) is 5.75 Å². The van der Waals surface area contributed by atoms with Crippen molar-refractivity contribution in [2.24, 2.45) is 0 Å². The van der Waals surface area contributed by atoms with Crippen LogP contribution in [0.15, 0.2) is 66.8 Å². The maximum absolute atomic E-state index is 12.4. The van der Waals surface area contributed by atoms with E-state index in [0.29, 0.717) is 25.1 Å². The summed E-state index contributed by atoms with van der Waals surface area (Å²) in [6, 6.07) is 3.90. The highest BCUT2D eigenvalue weighted by Crippen LogP contribution is 2.21. The zero-order chi connectivity index (χ0) is 23.6. The van der Waals surface area contributed by atoms with E-state index in [1.54, 1.807) is 0 Å².